The molecule has 0 aromatic heterocycles. The Hall–Kier alpha value is -1.83. The smallest absolute Gasteiger partial charge is 0.154 e. The fourth-order valence-corrected chi connectivity index (χ4v) is 1.57. The highest BCUT2D eigenvalue weighted by Gasteiger charge is 2.05. The number of phenolic OH excluding ortho intramolecular Hbond substituents is 1. The van der Waals surface area contributed by atoms with Gasteiger partial charge >= 0.3 is 0 Å². The molecule has 0 aliphatic heterocycles. The minimum Gasteiger partial charge on any atom is -0.507 e. The fourth-order valence-electron chi connectivity index (χ4n) is 1.57. The van der Waals surface area contributed by atoms with Gasteiger partial charge in [-0.3, -0.25) is 4.79 Å². The van der Waals surface area contributed by atoms with Crippen molar-refractivity contribution in [2.24, 2.45) is 0 Å². The number of aldehydes is 1. The molecule has 0 saturated heterocycles. The Balaban J connectivity index is 2.91. The van der Waals surface area contributed by atoms with Crippen LogP contribution in [0, 0.1) is 6.92 Å². The maximum atomic E-state index is 10.8. The van der Waals surface area contributed by atoms with Crippen LogP contribution in [0.25, 0.3) is 10.8 Å². The average molecular weight is 186 g/mol. The molecule has 0 atom stereocenters. The van der Waals surface area contributed by atoms with Crippen molar-refractivity contribution in [1.29, 1.82) is 0 Å². The molecule has 0 aliphatic carbocycles. The second-order valence-electron chi connectivity index (χ2n) is 3.34. The molecule has 0 heterocycles. The summed E-state index contributed by atoms with van der Waals surface area (Å²) in [5.41, 5.74) is 1.44. The molecule has 0 radical (unpaired) electrons. The Labute approximate surface area is 81.8 Å². The Bertz CT molecular complexity index is 496. The number of fused-ring (bicyclic) bond motifs is 1. The molecular formula is C12H10O2. The van der Waals surface area contributed by atoms with E-state index in [0.29, 0.717) is 11.8 Å². The molecule has 0 bridgehead atoms. The minimum atomic E-state index is 0.0399. The van der Waals surface area contributed by atoms with Gasteiger partial charge in [0.05, 0.1) is 5.56 Å². The molecule has 0 spiro atoms. The monoisotopic (exact) mass is 186 g/mol. The SMILES string of the molecule is Cc1ccc2ccc(O)c(C=O)c2c1. The van der Waals surface area contributed by atoms with Gasteiger partial charge in [-0.05, 0) is 23.8 Å². The standard InChI is InChI=1S/C12H10O2/c1-8-2-3-9-4-5-12(14)11(7-13)10(9)6-8/h2-7,14H,1H3. The summed E-state index contributed by atoms with van der Waals surface area (Å²) in [5.74, 6) is 0.0399. The molecule has 14 heavy (non-hydrogen) atoms. The number of aryl methyl sites for hydroxylation is 1. The first-order valence-corrected chi connectivity index (χ1v) is 4.40. The first kappa shape index (κ1) is 8.75. The maximum absolute atomic E-state index is 10.8. The maximum Gasteiger partial charge on any atom is 0.154 e. The lowest BCUT2D eigenvalue weighted by molar-refractivity contribution is 0.112. The lowest BCUT2D eigenvalue weighted by Crippen LogP contribution is -1.85. The van der Waals surface area contributed by atoms with Gasteiger partial charge in [0, 0.05) is 0 Å². The predicted octanol–water partition coefficient (Wildman–Crippen LogP) is 2.67. The number of carbonyl (C=O) groups is 1. The first-order valence-electron chi connectivity index (χ1n) is 4.40. The topological polar surface area (TPSA) is 37.3 Å². The lowest BCUT2D eigenvalue weighted by atomic mass is 10.0. The summed E-state index contributed by atoms with van der Waals surface area (Å²) in [6.45, 7) is 1.96. The number of benzene rings is 2. The van der Waals surface area contributed by atoms with Gasteiger partial charge in [0.2, 0.25) is 0 Å². The summed E-state index contributed by atoms with van der Waals surface area (Å²) in [5, 5.41) is 11.2. The second kappa shape index (κ2) is 3.14. The summed E-state index contributed by atoms with van der Waals surface area (Å²) in [6.07, 6.45) is 0.692. The number of phenols is 1. The Morgan fingerprint density at radius 3 is 2.64 bits per heavy atom. The summed E-state index contributed by atoms with van der Waals surface area (Å²) < 4.78 is 0. The van der Waals surface area contributed by atoms with Crippen molar-refractivity contribution in [1.82, 2.24) is 0 Å². The van der Waals surface area contributed by atoms with Crippen LogP contribution in [-0.4, -0.2) is 11.4 Å². The first-order chi connectivity index (χ1) is 6.72. The zero-order valence-corrected chi connectivity index (χ0v) is 7.82. The Kier molecular flexibility index (Phi) is 1.97. The van der Waals surface area contributed by atoms with Crippen LogP contribution in [-0.2, 0) is 0 Å². The third-order valence-electron chi connectivity index (χ3n) is 2.31. The van der Waals surface area contributed by atoms with Gasteiger partial charge in [-0.1, -0.05) is 29.8 Å². The van der Waals surface area contributed by atoms with Crippen molar-refractivity contribution in [3.63, 3.8) is 0 Å². The third kappa shape index (κ3) is 1.25. The molecule has 2 aromatic rings. The Morgan fingerprint density at radius 2 is 1.93 bits per heavy atom. The summed E-state index contributed by atoms with van der Waals surface area (Å²) in [7, 11) is 0. The van der Waals surface area contributed by atoms with Crippen molar-refractivity contribution >= 4 is 17.1 Å². The van der Waals surface area contributed by atoms with Crippen LogP contribution in [0.4, 0.5) is 0 Å². The van der Waals surface area contributed by atoms with Crippen molar-refractivity contribution < 1.29 is 9.90 Å². The number of aromatic hydroxyl groups is 1. The van der Waals surface area contributed by atoms with Crippen LogP contribution in [0.2, 0.25) is 0 Å². The van der Waals surface area contributed by atoms with Gasteiger partial charge in [0.15, 0.2) is 6.29 Å². The third-order valence-corrected chi connectivity index (χ3v) is 2.31. The molecule has 0 fully saturated rings. The van der Waals surface area contributed by atoms with Gasteiger partial charge in [-0.25, -0.2) is 0 Å². The van der Waals surface area contributed by atoms with E-state index in [0.717, 1.165) is 16.3 Å². The van der Waals surface area contributed by atoms with E-state index < -0.39 is 0 Å². The fraction of sp³-hybridized carbons (Fsp3) is 0.0833. The summed E-state index contributed by atoms with van der Waals surface area (Å²) >= 11 is 0. The number of hydrogen-bond acceptors (Lipinski definition) is 2. The van der Waals surface area contributed by atoms with Crippen molar-refractivity contribution in [3.05, 3.63) is 41.5 Å². The molecule has 2 nitrogen and oxygen atoms in total. The van der Waals surface area contributed by atoms with E-state index in [1.54, 1.807) is 12.1 Å². The highest BCUT2D eigenvalue weighted by Crippen LogP contribution is 2.26. The summed E-state index contributed by atoms with van der Waals surface area (Å²) in [6, 6.07) is 9.17. The van der Waals surface area contributed by atoms with E-state index in [-0.39, 0.29) is 5.75 Å². The van der Waals surface area contributed by atoms with Gasteiger partial charge in [0.25, 0.3) is 0 Å². The van der Waals surface area contributed by atoms with Crippen LogP contribution < -0.4 is 0 Å². The molecule has 70 valence electrons. The van der Waals surface area contributed by atoms with Crippen LogP contribution in [0.1, 0.15) is 15.9 Å². The lowest BCUT2D eigenvalue weighted by Gasteiger charge is -2.04. The van der Waals surface area contributed by atoms with Crippen LogP contribution >= 0.6 is 0 Å². The molecule has 2 heteroatoms. The van der Waals surface area contributed by atoms with Gasteiger partial charge in [0.1, 0.15) is 5.75 Å². The molecule has 1 N–H and O–H groups in total. The zero-order chi connectivity index (χ0) is 10.1. The van der Waals surface area contributed by atoms with Gasteiger partial charge < -0.3 is 5.11 Å². The van der Waals surface area contributed by atoms with Crippen LogP contribution in [0.5, 0.6) is 5.75 Å². The highest BCUT2D eigenvalue weighted by atomic mass is 16.3. The molecule has 0 unspecified atom stereocenters. The van der Waals surface area contributed by atoms with E-state index in [9.17, 15) is 9.90 Å². The van der Waals surface area contributed by atoms with Gasteiger partial charge in [-0.2, -0.15) is 0 Å². The Morgan fingerprint density at radius 1 is 1.21 bits per heavy atom. The van der Waals surface area contributed by atoms with Crippen molar-refractivity contribution in [2.45, 2.75) is 6.92 Å². The van der Waals surface area contributed by atoms with E-state index >= 15 is 0 Å². The van der Waals surface area contributed by atoms with Crippen molar-refractivity contribution in [3.8, 4) is 5.75 Å². The van der Waals surface area contributed by atoms with Crippen LogP contribution in [0.15, 0.2) is 30.3 Å². The molecule has 2 aromatic carbocycles. The van der Waals surface area contributed by atoms with Crippen LogP contribution in [0.3, 0.4) is 0 Å². The van der Waals surface area contributed by atoms with Gasteiger partial charge in [-0.15, -0.1) is 0 Å². The second-order valence-corrected chi connectivity index (χ2v) is 3.34. The minimum absolute atomic E-state index is 0.0399. The largest absolute Gasteiger partial charge is 0.507 e. The number of carbonyl (C=O) groups excluding carboxylic acids is 1. The van der Waals surface area contributed by atoms with E-state index in [1.165, 1.54) is 0 Å². The normalized spacial score (nSPS) is 10.4. The molecule has 2 rings (SSSR count). The molecule has 0 aliphatic rings. The van der Waals surface area contributed by atoms with E-state index in [4.69, 9.17) is 0 Å². The van der Waals surface area contributed by atoms with E-state index in [2.05, 4.69) is 0 Å². The molecule has 0 saturated carbocycles. The summed E-state index contributed by atoms with van der Waals surface area (Å²) in [4.78, 5) is 10.8. The zero-order valence-electron chi connectivity index (χ0n) is 7.82. The quantitative estimate of drug-likeness (QED) is 0.695. The molecule has 0 amide bonds. The van der Waals surface area contributed by atoms with Crippen molar-refractivity contribution in [2.75, 3.05) is 0 Å². The average Bonchev–Trinajstić information content (AvgIpc) is 2.17. The molecular weight excluding hydrogens is 176 g/mol. The number of hydrogen-bond donors (Lipinski definition) is 1. The van der Waals surface area contributed by atoms with E-state index in [1.807, 2.05) is 25.1 Å². The number of rotatable bonds is 1. The predicted molar refractivity (Wildman–Crippen MR) is 55.7 cm³/mol. The highest BCUT2D eigenvalue weighted by molar-refractivity contribution is 6.00.